The van der Waals surface area contributed by atoms with E-state index < -0.39 is 11.9 Å². The summed E-state index contributed by atoms with van der Waals surface area (Å²) in [4.78, 5) is 36.5. The minimum Gasteiger partial charge on any atom is -0.368 e. The van der Waals surface area contributed by atoms with E-state index in [0.717, 1.165) is 33.3 Å². The highest BCUT2D eigenvalue weighted by atomic mass is 32.1. The molecule has 156 valence electrons. The van der Waals surface area contributed by atoms with Gasteiger partial charge in [-0.25, -0.2) is 4.98 Å². The summed E-state index contributed by atoms with van der Waals surface area (Å²) in [5, 5.41) is 0.764. The molecule has 0 unspecified atom stereocenters. The zero-order valence-corrected chi connectivity index (χ0v) is 18.7. The van der Waals surface area contributed by atoms with Crippen LogP contribution in [0.5, 0.6) is 0 Å². The van der Waals surface area contributed by atoms with Crippen LogP contribution in [-0.2, 0) is 21.4 Å². The average molecular weight is 415 g/mol. The van der Waals surface area contributed by atoms with E-state index in [4.69, 9.17) is 5.73 Å². The molecule has 3 heterocycles. The summed E-state index contributed by atoms with van der Waals surface area (Å²) in [5.41, 5.74) is 8.50. The molecule has 7 heteroatoms. The van der Waals surface area contributed by atoms with Gasteiger partial charge in [-0.3, -0.25) is 14.6 Å². The lowest BCUT2D eigenvalue weighted by molar-refractivity contribution is -0.136. The lowest BCUT2D eigenvalue weighted by Gasteiger charge is -2.21. The maximum atomic E-state index is 12.9. The zero-order valence-electron chi connectivity index (χ0n) is 17.9. The Morgan fingerprint density at radius 1 is 1.34 bits per heavy atom. The Labute approximate surface area is 176 Å². The summed E-state index contributed by atoms with van der Waals surface area (Å²) in [7, 11) is 0. The summed E-state index contributed by atoms with van der Waals surface area (Å²) in [5.74, 6) is -0.162. The Morgan fingerprint density at radius 2 is 2.07 bits per heavy atom. The van der Waals surface area contributed by atoms with Gasteiger partial charge < -0.3 is 10.6 Å². The topological polar surface area (TPSA) is 89.2 Å². The monoisotopic (exact) mass is 414 g/mol. The molecule has 0 radical (unpaired) electrons. The van der Waals surface area contributed by atoms with Crippen LogP contribution in [0, 0.1) is 12.8 Å². The van der Waals surface area contributed by atoms with Gasteiger partial charge in [0, 0.05) is 23.9 Å². The van der Waals surface area contributed by atoms with E-state index in [9.17, 15) is 9.59 Å². The SMILES string of the molecule is CC[C@H]1C[C@@H](C(N)=O)N(C(=O)Cc2nc(C)c(-c3ccnc(C(C)(C)C)c3)s2)C1. The van der Waals surface area contributed by atoms with Crippen LogP contribution < -0.4 is 5.73 Å². The number of amides is 2. The molecular weight excluding hydrogens is 384 g/mol. The van der Waals surface area contributed by atoms with Crippen molar-refractivity contribution in [2.75, 3.05) is 6.54 Å². The number of primary amides is 1. The van der Waals surface area contributed by atoms with E-state index in [1.807, 2.05) is 19.2 Å². The minimum atomic E-state index is -0.498. The lowest BCUT2D eigenvalue weighted by atomic mass is 9.90. The molecule has 0 aliphatic carbocycles. The number of hydrogen-bond donors (Lipinski definition) is 1. The summed E-state index contributed by atoms with van der Waals surface area (Å²) in [6.07, 6.45) is 3.62. The van der Waals surface area contributed by atoms with Gasteiger partial charge in [0.15, 0.2) is 0 Å². The summed E-state index contributed by atoms with van der Waals surface area (Å²) >= 11 is 1.53. The van der Waals surface area contributed by atoms with Crippen molar-refractivity contribution < 1.29 is 9.59 Å². The third kappa shape index (κ3) is 4.66. The van der Waals surface area contributed by atoms with Crippen molar-refractivity contribution >= 4 is 23.2 Å². The average Bonchev–Trinajstić information content (AvgIpc) is 3.25. The Morgan fingerprint density at radius 3 is 2.69 bits per heavy atom. The quantitative estimate of drug-likeness (QED) is 0.811. The second-order valence-corrected chi connectivity index (χ2v) is 9.94. The first kappa shape index (κ1) is 21.4. The van der Waals surface area contributed by atoms with Crippen LogP contribution in [0.2, 0.25) is 0 Å². The summed E-state index contributed by atoms with van der Waals surface area (Å²) in [6, 6.07) is 3.58. The van der Waals surface area contributed by atoms with Crippen molar-refractivity contribution in [3.63, 3.8) is 0 Å². The molecular formula is C22H30N4O2S. The first-order valence-corrected chi connectivity index (χ1v) is 10.9. The number of carbonyl (C=O) groups excluding carboxylic acids is 2. The standard InChI is InChI=1S/C22H30N4O2S/c1-6-14-9-16(21(23)28)26(12-14)19(27)11-18-25-13(2)20(29-18)15-7-8-24-17(10-15)22(3,4)5/h7-8,10,14,16H,6,9,11-12H2,1-5H3,(H2,23,28)/t14-,16-/m0/s1. The number of rotatable bonds is 5. The zero-order chi connectivity index (χ0) is 21.3. The molecule has 0 bridgehead atoms. The normalized spacial score (nSPS) is 19.6. The Kier molecular flexibility index (Phi) is 6.08. The Balaban J connectivity index is 1.81. The molecule has 29 heavy (non-hydrogen) atoms. The van der Waals surface area contributed by atoms with Crippen molar-refractivity contribution in [1.29, 1.82) is 0 Å². The van der Waals surface area contributed by atoms with Crippen molar-refractivity contribution in [2.45, 2.75) is 65.3 Å². The van der Waals surface area contributed by atoms with E-state index >= 15 is 0 Å². The molecule has 2 atom stereocenters. The fraction of sp³-hybridized carbons (Fsp3) is 0.545. The molecule has 1 saturated heterocycles. The number of carbonyl (C=O) groups is 2. The van der Waals surface area contributed by atoms with Gasteiger partial charge in [0.1, 0.15) is 11.0 Å². The predicted octanol–water partition coefficient (Wildman–Crippen LogP) is 3.47. The van der Waals surface area contributed by atoms with E-state index in [0.29, 0.717) is 18.9 Å². The number of aromatic nitrogens is 2. The van der Waals surface area contributed by atoms with Crippen LogP contribution in [0.4, 0.5) is 0 Å². The molecule has 0 aromatic carbocycles. The number of likely N-dealkylation sites (tertiary alicyclic amines) is 1. The van der Waals surface area contributed by atoms with E-state index in [1.54, 1.807) is 4.90 Å². The fourth-order valence-corrected chi connectivity index (χ4v) is 4.82. The highest BCUT2D eigenvalue weighted by Gasteiger charge is 2.37. The first-order valence-electron chi connectivity index (χ1n) is 10.1. The van der Waals surface area contributed by atoms with Gasteiger partial charge in [0.25, 0.3) is 0 Å². The molecule has 0 saturated carbocycles. The Hall–Kier alpha value is -2.28. The third-order valence-corrected chi connectivity index (χ3v) is 6.75. The molecule has 6 nitrogen and oxygen atoms in total. The van der Waals surface area contributed by atoms with Crippen LogP contribution >= 0.6 is 11.3 Å². The summed E-state index contributed by atoms with van der Waals surface area (Å²) in [6.45, 7) is 11.0. The molecule has 2 aromatic heterocycles. The number of nitrogens with zero attached hydrogens (tertiary/aromatic N) is 3. The van der Waals surface area contributed by atoms with Gasteiger partial charge in [-0.15, -0.1) is 11.3 Å². The second kappa shape index (κ2) is 8.22. The van der Waals surface area contributed by atoms with Gasteiger partial charge in [-0.2, -0.15) is 0 Å². The van der Waals surface area contributed by atoms with E-state index in [2.05, 4.69) is 43.7 Å². The molecule has 3 rings (SSSR count). The van der Waals surface area contributed by atoms with Gasteiger partial charge in [0.05, 0.1) is 17.0 Å². The number of pyridine rings is 1. The number of hydrogen-bond acceptors (Lipinski definition) is 5. The molecule has 0 spiro atoms. The largest absolute Gasteiger partial charge is 0.368 e. The third-order valence-electron chi connectivity index (χ3n) is 5.55. The molecule has 2 N–H and O–H groups in total. The van der Waals surface area contributed by atoms with Crippen molar-refractivity contribution in [3.8, 4) is 10.4 Å². The first-order chi connectivity index (χ1) is 13.6. The smallest absolute Gasteiger partial charge is 0.240 e. The lowest BCUT2D eigenvalue weighted by Crippen LogP contribution is -2.44. The number of nitrogens with two attached hydrogens (primary N) is 1. The maximum Gasteiger partial charge on any atom is 0.240 e. The van der Waals surface area contributed by atoms with Gasteiger partial charge in [0.2, 0.25) is 11.8 Å². The van der Waals surface area contributed by atoms with Crippen molar-refractivity contribution in [2.24, 2.45) is 11.7 Å². The number of aryl methyl sites for hydroxylation is 1. The van der Waals surface area contributed by atoms with Crippen LogP contribution in [0.3, 0.4) is 0 Å². The predicted molar refractivity (Wildman–Crippen MR) is 116 cm³/mol. The van der Waals surface area contributed by atoms with Crippen LogP contribution in [0.1, 0.15) is 56.9 Å². The second-order valence-electron chi connectivity index (χ2n) is 8.85. The van der Waals surface area contributed by atoms with E-state index in [1.165, 1.54) is 11.3 Å². The minimum absolute atomic E-state index is 0.0389. The number of thiazole rings is 1. The molecule has 1 aliphatic heterocycles. The fourth-order valence-electron chi connectivity index (χ4n) is 3.77. The van der Waals surface area contributed by atoms with Crippen molar-refractivity contribution in [3.05, 3.63) is 34.7 Å². The van der Waals surface area contributed by atoms with Crippen molar-refractivity contribution in [1.82, 2.24) is 14.9 Å². The van der Waals surface area contributed by atoms with Gasteiger partial charge in [-0.1, -0.05) is 34.1 Å². The highest BCUT2D eigenvalue weighted by molar-refractivity contribution is 7.15. The molecule has 2 amide bonds. The highest BCUT2D eigenvalue weighted by Crippen LogP contribution is 2.33. The van der Waals surface area contributed by atoms with Gasteiger partial charge >= 0.3 is 0 Å². The molecule has 1 fully saturated rings. The van der Waals surface area contributed by atoms with Gasteiger partial charge in [-0.05, 0) is 37.0 Å². The summed E-state index contributed by atoms with van der Waals surface area (Å²) < 4.78 is 0. The molecule has 2 aromatic rings. The van der Waals surface area contributed by atoms with Crippen LogP contribution in [-0.4, -0.2) is 39.3 Å². The maximum absolute atomic E-state index is 12.9. The Bertz CT molecular complexity index is 916. The van der Waals surface area contributed by atoms with Crippen LogP contribution in [0.25, 0.3) is 10.4 Å². The van der Waals surface area contributed by atoms with E-state index in [-0.39, 0.29) is 17.7 Å². The molecule has 1 aliphatic rings. The van der Waals surface area contributed by atoms with Crippen LogP contribution in [0.15, 0.2) is 18.3 Å².